The quantitative estimate of drug-likeness (QED) is 0.505. The summed E-state index contributed by atoms with van der Waals surface area (Å²) in [5, 5.41) is 0. The van der Waals surface area contributed by atoms with E-state index in [9.17, 15) is 0 Å². The lowest BCUT2D eigenvalue weighted by Crippen LogP contribution is -2.17. The second-order valence-electron chi connectivity index (χ2n) is 3.81. The number of hydrogen-bond donors (Lipinski definition) is 0. The first kappa shape index (κ1) is 7.33. The van der Waals surface area contributed by atoms with Crippen LogP contribution in [0.25, 0.3) is 0 Å². The Kier molecular flexibility index (Phi) is 2.25. The maximum absolute atomic E-state index is 4.63. The van der Waals surface area contributed by atoms with E-state index in [1.54, 1.807) is 5.71 Å². The molecule has 1 aliphatic heterocycles. The number of nitrogens with zero attached hydrogens (tertiary/aromatic N) is 1. The summed E-state index contributed by atoms with van der Waals surface area (Å²) in [5.74, 6) is 0.895. The molecular formula is C10H17N. The predicted octanol–water partition coefficient (Wildman–Crippen LogP) is 2.80. The van der Waals surface area contributed by atoms with Crippen LogP contribution in [-0.2, 0) is 0 Å². The van der Waals surface area contributed by atoms with E-state index in [0.717, 1.165) is 12.5 Å². The van der Waals surface area contributed by atoms with Crippen molar-refractivity contribution in [2.45, 2.75) is 44.9 Å². The van der Waals surface area contributed by atoms with Gasteiger partial charge in [-0.1, -0.05) is 12.8 Å². The third-order valence-corrected chi connectivity index (χ3v) is 2.98. The number of rotatable bonds is 0. The van der Waals surface area contributed by atoms with Crippen molar-refractivity contribution in [2.24, 2.45) is 10.9 Å². The fourth-order valence-corrected chi connectivity index (χ4v) is 2.32. The fourth-order valence-electron chi connectivity index (χ4n) is 2.32. The lowest BCUT2D eigenvalue weighted by molar-refractivity contribution is 0.519. The van der Waals surface area contributed by atoms with Gasteiger partial charge in [0.2, 0.25) is 0 Å². The lowest BCUT2D eigenvalue weighted by Gasteiger charge is -2.20. The van der Waals surface area contributed by atoms with E-state index in [4.69, 9.17) is 0 Å². The van der Waals surface area contributed by atoms with Crippen LogP contribution in [0.1, 0.15) is 44.9 Å². The van der Waals surface area contributed by atoms with E-state index in [1.807, 2.05) is 0 Å². The van der Waals surface area contributed by atoms with E-state index < -0.39 is 0 Å². The summed E-state index contributed by atoms with van der Waals surface area (Å²) in [6.07, 6.45) is 9.80. The maximum atomic E-state index is 4.63. The molecule has 1 heterocycles. The highest BCUT2D eigenvalue weighted by atomic mass is 14.8. The van der Waals surface area contributed by atoms with Gasteiger partial charge in [-0.15, -0.1) is 0 Å². The molecule has 2 aliphatic rings. The van der Waals surface area contributed by atoms with Gasteiger partial charge in [0.15, 0.2) is 0 Å². The average Bonchev–Trinajstić information content (AvgIpc) is 2.28. The number of aliphatic imine (C=N–C) groups is 1. The molecule has 0 bridgehead atoms. The molecule has 1 aliphatic carbocycles. The van der Waals surface area contributed by atoms with Crippen LogP contribution in [-0.4, -0.2) is 12.3 Å². The van der Waals surface area contributed by atoms with Crippen molar-refractivity contribution in [3.05, 3.63) is 0 Å². The van der Waals surface area contributed by atoms with Gasteiger partial charge in [0.1, 0.15) is 0 Å². The van der Waals surface area contributed by atoms with Crippen molar-refractivity contribution >= 4 is 5.71 Å². The SMILES string of the molecule is C1CCC2=NCCCC2CC1. The molecule has 1 unspecified atom stereocenters. The molecule has 2 rings (SSSR count). The Morgan fingerprint density at radius 2 is 1.91 bits per heavy atom. The monoisotopic (exact) mass is 151 g/mol. The Morgan fingerprint density at radius 1 is 1.00 bits per heavy atom. The molecule has 0 aromatic carbocycles. The van der Waals surface area contributed by atoms with Crippen LogP contribution >= 0.6 is 0 Å². The largest absolute Gasteiger partial charge is 0.294 e. The molecule has 62 valence electrons. The summed E-state index contributed by atoms with van der Waals surface area (Å²) < 4.78 is 0. The van der Waals surface area contributed by atoms with E-state index in [2.05, 4.69) is 4.99 Å². The van der Waals surface area contributed by atoms with Gasteiger partial charge in [0.25, 0.3) is 0 Å². The number of fused-ring (bicyclic) bond motifs is 1. The highest BCUT2D eigenvalue weighted by Gasteiger charge is 2.20. The Morgan fingerprint density at radius 3 is 2.91 bits per heavy atom. The van der Waals surface area contributed by atoms with Gasteiger partial charge >= 0.3 is 0 Å². The van der Waals surface area contributed by atoms with E-state index in [1.165, 1.54) is 44.9 Å². The fraction of sp³-hybridized carbons (Fsp3) is 0.900. The minimum absolute atomic E-state index is 0.895. The van der Waals surface area contributed by atoms with Gasteiger partial charge in [-0.05, 0) is 38.0 Å². The van der Waals surface area contributed by atoms with Gasteiger partial charge < -0.3 is 0 Å². The summed E-state index contributed by atoms with van der Waals surface area (Å²) in [5.41, 5.74) is 1.56. The predicted molar refractivity (Wildman–Crippen MR) is 48.1 cm³/mol. The highest BCUT2D eigenvalue weighted by molar-refractivity contribution is 5.87. The molecule has 0 aromatic heterocycles. The molecule has 0 amide bonds. The minimum Gasteiger partial charge on any atom is -0.294 e. The molecule has 1 fully saturated rings. The zero-order valence-electron chi connectivity index (χ0n) is 7.18. The van der Waals surface area contributed by atoms with Crippen LogP contribution in [0.2, 0.25) is 0 Å². The molecule has 0 spiro atoms. The van der Waals surface area contributed by atoms with Gasteiger partial charge in [0.05, 0.1) is 0 Å². The average molecular weight is 151 g/mol. The molecule has 0 saturated heterocycles. The van der Waals surface area contributed by atoms with Crippen LogP contribution in [0, 0.1) is 5.92 Å². The first-order chi connectivity index (χ1) is 5.47. The Balaban J connectivity index is 2.07. The van der Waals surface area contributed by atoms with Crippen molar-refractivity contribution in [1.29, 1.82) is 0 Å². The molecule has 1 nitrogen and oxygen atoms in total. The van der Waals surface area contributed by atoms with Gasteiger partial charge in [-0.3, -0.25) is 4.99 Å². The van der Waals surface area contributed by atoms with Crippen molar-refractivity contribution < 1.29 is 0 Å². The normalized spacial score (nSPS) is 32.0. The van der Waals surface area contributed by atoms with E-state index in [0.29, 0.717) is 0 Å². The second-order valence-corrected chi connectivity index (χ2v) is 3.81. The lowest BCUT2D eigenvalue weighted by atomic mass is 9.91. The maximum Gasteiger partial charge on any atom is 0.0389 e. The highest BCUT2D eigenvalue weighted by Crippen LogP contribution is 2.27. The van der Waals surface area contributed by atoms with E-state index >= 15 is 0 Å². The first-order valence-corrected chi connectivity index (χ1v) is 5.00. The van der Waals surface area contributed by atoms with Crippen LogP contribution in [0.3, 0.4) is 0 Å². The summed E-state index contributed by atoms with van der Waals surface area (Å²) >= 11 is 0. The topological polar surface area (TPSA) is 12.4 Å². The standard InChI is InChI=1S/C10H17N/c1-2-5-9-6-4-8-11-10(9)7-3-1/h9H,1-8H2. The first-order valence-electron chi connectivity index (χ1n) is 5.00. The van der Waals surface area contributed by atoms with Gasteiger partial charge in [0, 0.05) is 12.3 Å². The summed E-state index contributed by atoms with van der Waals surface area (Å²) in [7, 11) is 0. The Bertz CT molecular complexity index is 160. The molecule has 11 heavy (non-hydrogen) atoms. The van der Waals surface area contributed by atoms with Crippen molar-refractivity contribution in [3.63, 3.8) is 0 Å². The molecular weight excluding hydrogens is 134 g/mol. The van der Waals surface area contributed by atoms with Crippen LogP contribution in [0.5, 0.6) is 0 Å². The summed E-state index contributed by atoms with van der Waals surface area (Å²) in [4.78, 5) is 4.63. The molecule has 1 heteroatoms. The molecule has 1 atom stereocenters. The van der Waals surface area contributed by atoms with Crippen LogP contribution in [0.4, 0.5) is 0 Å². The third-order valence-electron chi connectivity index (χ3n) is 2.98. The molecule has 0 radical (unpaired) electrons. The number of hydrogen-bond acceptors (Lipinski definition) is 1. The minimum atomic E-state index is 0.895. The zero-order valence-corrected chi connectivity index (χ0v) is 7.18. The zero-order chi connectivity index (χ0) is 7.52. The summed E-state index contributed by atoms with van der Waals surface area (Å²) in [6, 6.07) is 0. The van der Waals surface area contributed by atoms with Gasteiger partial charge in [-0.2, -0.15) is 0 Å². The summed E-state index contributed by atoms with van der Waals surface area (Å²) in [6.45, 7) is 1.12. The van der Waals surface area contributed by atoms with Gasteiger partial charge in [-0.25, -0.2) is 0 Å². The van der Waals surface area contributed by atoms with Crippen LogP contribution in [0.15, 0.2) is 4.99 Å². The van der Waals surface area contributed by atoms with E-state index in [-0.39, 0.29) is 0 Å². The second kappa shape index (κ2) is 3.38. The molecule has 0 aromatic rings. The van der Waals surface area contributed by atoms with Crippen molar-refractivity contribution in [2.75, 3.05) is 6.54 Å². The third kappa shape index (κ3) is 1.63. The Hall–Kier alpha value is -0.330. The Labute approximate surface area is 68.9 Å². The van der Waals surface area contributed by atoms with Crippen molar-refractivity contribution in [3.8, 4) is 0 Å². The van der Waals surface area contributed by atoms with Crippen molar-refractivity contribution in [1.82, 2.24) is 0 Å². The molecule has 0 N–H and O–H groups in total. The van der Waals surface area contributed by atoms with Crippen LogP contribution < -0.4 is 0 Å². The smallest absolute Gasteiger partial charge is 0.0389 e. The molecule has 1 saturated carbocycles.